The standard InChI is InChI=1S/C15H15F2N3O2S/c16-10-5-4-8(6-11(10)17)19-15-20-14(18)13(23-15)12(21)7-22-9-2-1-3-9/h4-6,9H,1-3,7,18H2,(H,19,20). The van der Waals surface area contributed by atoms with Gasteiger partial charge in [-0.05, 0) is 31.4 Å². The highest BCUT2D eigenvalue weighted by Crippen LogP contribution is 2.29. The molecule has 0 saturated heterocycles. The summed E-state index contributed by atoms with van der Waals surface area (Å²) < 4.78 is 31.6. The molecule has 1 saturated carbocycles. The molecular formula is C15H15F2N3O2S. The summed E-state index contributed by atoms with van der Waals surface area (Å²) in [6, 6.07) is 3.39. The number of nitrogens with one attached hydrogen (secondary N) is 1. The predicted molar refractivity (Wildman–Crippen MR) is 84.1 cm³/mol. The molecule has 0 aliphatic heterocycles. The topological polar surface area (TPSA) is 77.2 Å². The van der Waals surface area contributed by atoms with E-state index in [-0.39, 0.29) is 24.3 Å². The fourth-order valence-corrected chi connectivity index (χ4v) is 2.91. The van der Waals surface area contributed by atoms with Crippen molar-refractivity contribution >= 4 is 33.8 Å². The van der Waals surface area contributed by atoms with Gasteiger partial charge in [0, 0.05) is 11.8 Å². The van der Waals surface area contributed by atoms with Crippen molar-refractivity contribution in [3.8, 4) is 0 Å². The van der Waals surface area contributed by atoms with Gasteiger partial charge in [0.1, 0.15) is 17.3 Å². The number of hydrogen-bond donors (Lipinski definition) is 2. The third-order valence-corrected chi connectivity index (χ3v) is 4.61. The minimum absolute atomic E-state index is 0.0261. The molecule has 23 heavy (non-hydrogen) atoms. The van der Waals surface area contributed by atoms with Gasteiger partial charge in [0.15, 0.2) is 16.8 Å². The normalized spacial score (nSPS) is 14.5. The number of nitrogens with two attached hydrogens (primary N) is 1. The van der Waals surface area contributed by atoms with Crippen LogP contribution in [0, 0.1) is 11.6 Å². The molecule has 1 aromatic heterocycles. The van der Waals surface area contributed by atoms with Crippen LogP contribution in [0.4, 0.5) is 25.4 Å². The molecule has 0 bridgehead atoms. The number of ether oxygens (including phenoxy) is 1. The summed E-state index contributed by atoms with van der Waals surface area (Å²) >= 11 is 1.06. The van der Waals surface area contributed by atoms with Crippen LogP contribution in [-0.2, 0) is 4.74 Å². The van der Waals surface area contributed by atoms with Crippen molar-refractivity contribution in [2.24, 2.45) is 0 Å². The quantitative estimate of drug-likeness (QED) is 0.788. The average molecular weight is 339 g/mol. The highest BCUT2D eigenvalue weighted by atomic mass is 32.1. The van der Waals surface area contributed by atoms with Gasteiger partial charge in [0.05, 0.1) is 6.10 Å². The van der Waals surface area contributed by atoms with Crippen LogP contribution in [0.1, 0.15) is 28.9 Å². The lowest BCUT2D eigenvalue weighted by atomic mass is 9.96. The smallest absolute Gasteiger partial charge is 0.202 e. The van der Waals surface area contributed by atoms with Crippen molar-refractivity contribution in [2.75, 3.05) is 17.7 Å². The first-order valence-corrected chi connectivity index (χ1v) is 7.98. The fourth-order valence-electron chi connectivity index (χ4n) is 2.08. The number of aromatic nitrogens is 1. The molecule has 0 atom stereocenters. The first-order chi connectivity index (χ1) is 11.0. The Kier molecular flexibility index (Phi) is 4.53. The lowest BCUT2D eigenvalue weighted by molar-refractivity contribution is 0.00750. The maximum absolute atomic E-state index is 13.2. The Morgan fingerprint density at radius 1 is 1.39 bits per heavy atom. The Balaban J connectivity index is 1.67. The number of carbonyl (C=O) groups is 1. The minimum Gasteiger partial charge on any atom is -0.382 e. The monoisotopic (exact) mass is 339 g/mol. The zero-order valence-corrected chi connectivity index (χ0v) is 13.0. The van der Waals surface area contributed by atoms with Gasteiger partial charge in [0.25, 0.3) is 0 Å². The van der Waals surface area contributed by atoms with Gasteiger partial charge >= 0.3 is 0 Å². The SMILES string of the molecule is Nc1nc(Nc2ccc(F)c(F)c2)sc1C(=O)COC1CCC1. The molecule has 5 nitrogen and oxygen atoms in total. The van der Waals surface area contributed by atoms with Crippen LogP contribution in [0.2, 0.25) is 0 Å². The van der Waals surface area contributed by atoms with Gasteiger partial charge in [-0.1, -0.05) is 11.3 Å². The first-order valence-electron chi connectivity index (χ1n) is 7.16. The van der Waals surface area contributed by atoms with Gasteiger partial charge in [-0.25, -0.2) is 13.8 Å². The van der Waals surface area contributed by atoms with Gasteiger partial charge in [-0.3, -0.25) is 4.79 Å². The molecule has 0 radical (unpaired) electrons. The lowest BCUT2D eigenvalue weighted by Crippen LogP contribution is -2.24. The largest absolute Gasteiger partial charge is 0.382 e. The predicted octanol–water partition coefficient (Wildman–Crippen LogP) is 3.50. The number of halogens is 2. The van der Waals surface area contributed by atoms with E-state index in [9.17, 15) is 13.6 Å². The molecule has 1 aromatic carbocycles. The number of nitrogen functional groups attached to an aromatic ring is 1. The van der Waals surface area contributed by atoms with E-state index >= 15 is 0 Å². The maximum Gasteiger partial charge on any atom is 0.202 e. The number of benzene rings is 1. The van der Waals surface area contributed by atoms with E-state index < -0.39 is 11.6 Å². The first kappa shape index (κ1) is 15.8. The van der Waals surface area contributed by atoms with Crippen LogP contribution in [0.5, 0.6) is 0 Å². The average Bonchev–Trinajstić information content (AvgIpc) is 2.82. The number of ketones is 1. The molecular weight excluding hydrogens is 324 g/mol. The van der Waals surface area contributed by atoms with Crippen LogP contribution < -0.4 is 11.1 Å². The molecule has 1 aliphatic rings. The second kappa shape index (κ2) is 6.59. The number of nitrogens with zero attached hydrogens (tertiary/aromatic N) is 1. The number of anilines is 3. The zero-order valence-electron chi connectivity index (χ0n) is 12.1. The zero-order chi connectivity index (χ0) is 16.4. The Bertz CT molecular complexity index is 732. The summed E-state index contributed by atoms with van der Waals surface area (Å²) in [5, 5.41) is 3.14. The number of carbonyl (C=O) groups excluding carboxylic acids is 1. The fraction of sp³-hybridized carbons (Fsp3) is 0.333. The van der Waals surface area contributed by atoms with E-state index in [0.29, 0.717) is 15.7 Å². The third-order valence-electron chi connectivity index (χ3n) is 3.58. The number of hydrogen-bond acceptors (Lipinski definition) is 6. The van der Waals surface area contributed by atoms with Crippen molar-refractivity contribution < 1.29 is 18.3 Å². The maximum atomic E-state index is 13.2. The second-order valence-electron chi connectivity index (χ2n) is 5.27. The van der Waals surface area contributed by atoms with Crippen molar-refractivity contribution in [1.82, 2.24) is 4.98 Å². The van der Waals surface area contributed by atoms with E-state index in [1.165, 1.54) is 6.07 Å². The van der Waals surface area contributed by atoms with Crippen LogP contribution >= 0.6 is 11.3 Å². The second-order valence-corrected chi connectivity index (χ2v) is 6.27. The molecule has 0 unspecified atom stereocenters. The molecule has 1 fully saturated rings. The summed E-state index contributed by atoms with van der Waals surface area (Å²) in [6.07, 6.45) is 3.25. The summed E-state index contributed by atoms with van der Waals surface area (Å²) in [6.45, 7) is -0.0261. The molecule has 122 valence electrons. The van der Waals surface area contributed by atoms with Gasteiger partial charge in [-0.15, -0.1) is 0 Å². The van der Waals surface area contributed by atoms with Crippen molar-refractivity contribution in [3.63, 3.8) is 0 Å². The highest BCUT2D eigenvalue weighted by Gasteiger charge is 2.22. The van der Waals surface area contributed by atoms with Crippen LogP contribution in [0.15, 0.2) is 18.2 Å². The van der Waals surface area contributed by atoms with Gasteiger partial charge in [-0.2, -0.15) is 0 Å². The molecule has 0 spiro atoms. The van der Waals surface area contributed by atoms with Crippen LogP contribution in [0.3, 0.4) is 0 Å². The Labute approximate surface area is 135 Å². The summed E-state index contributed by atoms with van der Waals surface area (Å²) in [7, 11) is 0. The molecule has 1 aliphatic carbocycles. The highest BCUT2D eigenvalue weighted by molar-refractivity contribution is 7.18. The van der Waals surface area contributed by atoms with Crippen LogP contribution in [-0.4, -0.2) is 23.5 Å². The van der Waals surface area contributed by atoms with Crippen molar-refractivity contribution in [3.05, 3.63) is 34.7 Å². The van der Waals surface area contributed by atoms with Crippen molar-refractivity contribution in [1.29, 1.82) is 0 Å². The van der Waals surface area contributed by atoms with Gasteiger partial charge in [0.2, 0.25) is 5.78 Å². The van der Waals surface area contributed by atoms with E-state index in [4.69, 9.17) is 10.5 Å². The molecule has 0 amide bonds. The van der Waals surface area contributed by atoms with E-state index in [2.05, 4.69) is 10.3 Å². The Hall–Kier alpha value is -2.06. The van der Waals surface area contributed by atoms with Gasteiger partial charge < -0.3 is 15.8 Å². The molecule has 1 heterocycles. The summed E-state index contributed by atoms with van der Waals surface area (Å²) in [4.78, 5) is 16.4. The number of rotatable bonds is 6. The molecule has 2 aromatic rings. The lowest BCUT2D eigenvalue weighted by Gasteiger charge is -2.24. The van der Waals surface area contributed by atoms with Crippen LogP contribution in [0.25, 0.3) is 0 Å². The molecule has 8 heteroatoms. The summed E-state index contributed by atoms with van der Waals surface area (Å²) in [5.74, 6) is -2.03. The molecule has 3 rings (SSSR count). The number of thiazole rings is 1. The Morgan fingerprint density at radius 2 is 2.17 bits per heavy atom. The number of Topliss-reactive ketones (excluding diaryl/α,β-unsaturated/α-hetero) is 1. The minimum atomic E-state index is -0.968. The summed E-state index contributed by atoms with van der Waals surface area (Å²) in [5.41, 5.74) is 6.07. The molecule has 3 N–H and O–H groups in total. The third kappa shape index (κ3) is 3.65. The van der Waals surface area contributed by atoms with E-state index in [1.54, 1.807) is 0 Å². The Morgan fingerprint density at radius 3 is 2.83 bits per heavy atom. The van der Waals surface area contributed by atoms with Crippen molar-refractivity contribution in [2.45, 2.75) is 25.4 Å². The van der Waals surface area contributed by atoms with E-state index in [1.807, 2.05) is 0 Å². The van der Waals surface area contributed by atoms with E-state index in [0.717, 1.165) is 42.7 Å².